The Balaban J connectivity index is 1.50. The highest BCUT2D eigenvalue weighted by Gasteiger charge is 2.56. The second kappa shape index (κ2) is 14.4. The second-order valence-electron chi connectivity index (χ2n) is 16.6. The van der Waals surface area contributed by atoms with Crippen molar-refractivity contribution >= 4 is 139 Å². The number of aromatic nitrogens is 2. The van der Waals surface area contributed by atoms with Gasteiger partial charge in [-0.15, -0.1) is 0 Å². The van der Waals surface area contributed by atoms with Crippen LogP contribution in [-0.2, 0) is 8.23 Å². The monoisotopic (exact) mass is 1020 g/mol. The molecule has 0 amide bonds. The van der Waals surface area contributed by atoms with Gasteiger partial charge in [-0.1, -0.05) is 142 Å². The first kappa shape index (κ1) is 37.8. The van der Waals surface area contributed by atoms with Crippen LogP contribution in [0.2, 0.25) is 38.3 Å². The summed E-state index contributed by atoms with van der Waals surface area (Å²) >= 11 is 5.06. The van der Waals surface area contributed by atoms with E-state index in [1.807, 2.05) is 0 Å². The molecule has 0 radical (unpaired) electrons. The molecule has 6 heterocycles. The first-order chi connectivity index (χ1) is 27.6. The van der Waals surface area contributed by atoms with Gasteiger partial charge in [0.15, 0.2) is 16.6 Å². The topological polar surface area (TPSA) is 53.0 Å². The van der Waals surface area contributed by atoms with Crippen molar-refractivity contribution in [2.24, 2.45) is 9.98 Å². The number of halogens is 2. The van der Waals surface area contributed by atoms with Crippen molar-refractivity contribution in [2.75, 3.05) is 8.86 Å². The minimum atomic E-state index is -3.89. The molecule has 10 rings (SSSR count). The molecule has 0 N–H and O–H groups in total. The zero-order valence-electron chi connectivity index (χ0n) is 32.7. The van der Waals surface area contributed by atoms with E-state index in [4.69, 9.17) is 18.2 Å². The standard InChI is InChI=1S/C46H44I2N4O2Si3/c1-55(2,25-13-23-47)53-57(54-56(3,4)26-14-24-48)51-43-27-39-31-15-5-6-16-32(31)40(49-39)28-44-37-21-11-12-22-38(37)46(52(44)57)30-42-34-18-8-7-17-33(34)41(50-42)29-45(51)36-20-10-9-19-35(36)43/h5-12,15-22,27-30H,13-14,23-26H2,1-4H3. The summed E-state index contributed by atoms with van der Waals surface area (Å²) in [6.45, 7) is 9.68. The maximum atomic E-state index is 8.35. The van der Waals surface area contributed by atoms with E-state index >= 15 is 0 Å². The Morgan fingerprint density at radius 2 is 0.895 bits per heavy atom. The maximum Gasteiger partial charge on any atom is 0.577 e. The Kier molecular flexibility index (Phi) is 9.53. The number of benzene rings is 4. The summed E-state index contributed by atoms with van der Waals surface area (Å²) in [6.07, 6.45) is 11.5. The molecule has 2 aromatic heterocycles. The summed E-state index contributed by atoms with van der Waals surface area (Å²) in [5.74, 6) is 0. The van der Waals surface area contributed by atoms with Gasteiger partial charge in [0, 0.05) is 65.9 Å². The van der Waals surface area contributed by atoms with Crippen molar-refractivity contribution in [3.05, 3.63) is 141 Å². The van der Waals surface area contributed by atoms with Crippen LogP contribution in [0.4, 0.5) is 0 Å². The van der Waals surface area contributed by atoms with E-state index in [0.717, 1.165) is 122 Å². The zero-order chi connectivity index (χ0) is 39.1. The van der Waals surface area contributed by atoms with Crippen LogP contribution in [0.25, 0.3) is 57.2 Å². The van der Waals surface area contributed by atoms with Crippen LogP contribution in [0.5, 0.6) is 0 Å². The quantitative estimate of drug-likeness (QED) is 0.0780. The molecule has 0 aliphatic carbocycles. The van der Waals surface area contributed by atoms with Gasteiger partial charge >= 0.3 is 8.88 Å². The van der Waals surface area contributed by atoms with Gasteiger partial charge in [0.2, 0.25) is 0 Å². The molecular weight excluding hydrogens is 979 g/mol. The summed E-state index contributed by atoms with van der Waals surface area (Å²) in [5.41, 5.74) is 10.5. The third-order valence-corrected chi connectivity index (χ3v) is 24.9. The van der Waals surface area contributed by atoms with Gasteiger partial charge in [-0.25, -0.2) is 9.98 Å². The van der Waals surface area contributed by atoms with E-state index in [0.29, 0.717) is 0 Å². The minimum Gasteiger partial charge on any atom is -0.404 e. The van der Waals surface area contributed by atoms with Crippen molar-refractivity contribution in [2.45, 2.75) is 51.1 Å². The largest absolute Gasteiger partial charge is 0.577 e. The summed E-state index contributed by atoms with van der Waals surface area (Å²) in [5, 5.41) is 6.77. The Hall–Kier alpha value is -3.45. The SMILES string of the molecule is C[Si](C)(CCCI)O[Si]1(O[Si](C)(C)CCCI)n2c3c4ccccc4c2C=C2N=C(C=c4c5ccccc5c(n41)=CC1=NC(=C3)c3ccccc31)c1ccccc12. The van der Waals surface area contributed by atoms with E-state index in [2.05, 4.69) is 201 Å². The molecule has 4 aliphatic rings. The molecule has 0 spiro atoms. The lowest BCUT2D eigenvalue weighted by atomic mass is 10.0. The number of hydrogen-bond acceptors (Lipinski definition) is 4. The summed E-state index contributed by atoms with van der Waals surface area (Å²) in [4.78, 5) is 11.0. The lowest BCUT2D eigenvalue weighted by molar-refractivity contribution is 0.333. The number of nitrogens with zero attached hydrogens (tertiary/aromatic N) is 4. The Labute approximate surface area is 364 Å². The van der Waals surface area contributed by atoms with Gasteiger partial charge in [0.25, 0.3) is 0 Å². The first-order valence-corrected chi connectivity index (χ1v) is 30.9. The predicted molar refractivity (Wildman–Crippen MR) is 264 cm³/mol. The van der Waals surface area contributed by atoms with Crippen LogP contribution in [0.15, 0.2) is 107 Å². The molecule has 6 aromatic rings. The third-order valence-electron chi connectivity index (χ3n) is 11.7. The number of fused-ring (bicyclic) bond motifs is 14. The van der Waals surface area contributed by atoms with Gasteiger partial charge in [0.1, 0.15) is 0 Å². The van der Waals surface area contributed by atoms with Crippen molar-refractivity contribution in [3.63, 3.8) is 0 Å². The van der Waals surface area contributed by atoms with Crippen LogP contribution >= 0.6 is 45.2 Å². The van der Waals surface area contributed by atoms with Gasteiger partial charge in [-0.05, 0) is 84.3 Å². The van der Waals surface area contributed by atoms with Gasteiger partial charge in [0.05, 0.1) is 22.8 Å². The van der Waals surface area contributed by atoms with Crippen LogP contribution in [0.3, 0.4) is 0 Å². The van der Waals surface area contributed by atoms with Crippen molar-refractivity contribution in [1.29, 1.82) is 0 Å². The van der Waals surface area contributed by atoms with Gasteiger partial charge in [-0.3, -0.25) is 0 Å². The van der Waals surface area contributed by atoms with Gasteiger partial charge < -0.3 is 16.7 Å². The van der Waals surface area contributed by atoms with E-state index in [1.165, 1.54) is 0 Å². The normalized spacial score (nSPS) is 16.2. The molecule has 0 saturated heterocycles. The average molecular weight is 1020 g/mol. The predicted octanol–water partition coefficient (Wildman–Crippen LogP) is 10.7. The van der Waals surface area contributed by atoms with E-state index in [9.17, 15) is 0 Å². The van der Waals surface area contributed by atoms with Crippen LogP contribution in [0, 0.1) is 0 Å². The molecule has 0 atom stereocenters. The highest BCUT2D eigenvalue weighted by molar-refractivity contribution is 14.1. The van der Waals surface area contributed by atoms with Crippen LogP contribution in [0.1, 0.15) is 46.5 Å². The fourth-order valence-electron chi connectivity index (χ4n) is 9.21. The van der Waals surface area contributed by atoms with E-state index in [1.54, 1.807) is 0 Å². The number of alkyl halides is 2. The minimum absolute atomic E-state index is 0.959. The number of hydrogen-bond donors (Lipinski definition) is 0. The molecule has 6 bridgehead atoms. The molecule has 0 saturated carbocycles. The zero-order valence-corrected chi connectivity index (χ0v) is 40.0. The third kappa shape index (κ3) is 6.25. The lowest BCUT2D eigenvalue weighted by Crippen LogP contribution is -2.70. The van der Waals surface area contributed by atoms with Crippen molar-refractivity contribution in [1.82, 2.24) is 8.47 Å². The number of rotatable bonds is 10. The Bertz CT molecular complexity index is 2730. The second-order valence-corrected chi connectivity index (χ2v) is 30.4. The van der Waals surface area contributed by atoms with Crippen molar-refractivity contribution < 1.29 is 8.23 Å². The highest BCUT2D eigenvalue weighted by atomic mass is 127. The molecule has 286 valence electrons. The number of aliphatic imine (C=N–C) groups is 2. The molecule has 6 nitrogen and oxygen atoms in total. The smallest absolute Gasteiger partial charge is 0.404 e. The fraction of sp³-hybridized carbons (Fsp3) is 0.217. The van der Waals surface area contributed by atoms with Gasteiger partial charge in [-0.2, -0.15) is 0 Å². The molecular formula is C46H44I2N4O2Si3. The summed E-state index contributed by atoms with van der Waals surface area (Å²) in [6, 6.07) is 37.2. The molecule has 11 heteroatoms. The molecule has 57 heavy (non-hydrogen) atoms. The van der Waals surface area contributed by atoms with Crippen molar-refractivity contribution in [3.8, 4) is 0 Å². The average Bonchev–Trinajstić information content (AvgIpc) is 3.92. The van der Waals surface area contributed by atoms with Crippen LogP contribution < -0.4 is 10.7 Å². The molecule has 4 aliphatic heterocycles. The fourth-order valence-corrected chi connectivity index (χ4v) is 24.2. The van der Waals surface area contributed by atoms with Crippen LogP contribution in [-0.4, -0.2) is 54.3 Å². The molecule has 0 fully saturated rings. The molecule has 0 unspecified atom stereocenters. The lowest BCUT2D eigenvalue weighted by Gasteiger charge is -2.44. The summed E-state index contributed by atoms with van der Waals surface area (Å²) in [7, 11) is -8.82. The highest BCUT2D eigenvalue weighted by Crippen LogP contribution is 2.42. The van der Waals surface area contributed by atoms with E-state index in [-0.39, 0.29) is 0 Å². The summed E-state index contributed by atoms with van der Waals surface area (Å²) < 4.78 is 24.0. The Morgan fingerprint density at radius 1 is 0.509 bits per heavy atom. The first-order valence-electron chi connectivity index (χ1n) is 19.9. The maximum absolute atomic E-state index is 8.35. The molecule has 4 aromatic carbocycles. The Morgan fingerprint density at radius 3 is 1.32 bits per heavy atom. The van der Waals surface area contributed by atoms with E-state index < -0.39 is 25.5 Å².